The average Bonchev–Trinajstić information content (AvgIpc) is 2.98. The van der Waals surface area contributed by atoms with E-state index in [1.165, 1.54) is 6.33 Å². The first-order valence-electron chi connectivity index (χ1n) is 7.89. The Kier molecular flexibility index (Phi) is 3.67. The van der Waals surface area contributed by atoms with Gasteiger partial charge in [0.2, 0.25) is 0 Å². The highest BCUT2D eigenvalue weighted by Crippen LogP contribution is 2.28. The maximum Gasteiger partial charge on any atom is 0.435 e. The fourth-order valence-corrected chi connectivity index (χ4v) is 2.98. The third kappa shape index (κ3) is 2.89. The van der Waals surface area contributed by atoms with Gasteiger partial charge in [0.1, 0.15) is 12.1 Å². The molecule has 0 amide bonds. The van der Waals surface area contributed by atoms with Gasteiger partial charge < -0.3 is 4.90 Å². The highest BCUT2D eigenvalue weighted by molar-refractivity contribution is 5.49. The lowest BCUT2D eigenvalue weighted by Crippen LogP contribution is -2.50. The van der Waals surface area contributed by atoms with Crippen molar-refractivity contribution in [2.24, 2.45) is 5.92 Å². The van der Waals surface area contributed by atoms with Crippen molar-refractivity contribution in [2.75, 3.05) is 18.0 Å². The number of fused-ring (bicyclic) bond motifs is 1. The molecule has 3 aromatic heterocycles. The van der Waals surface area contributed by atoms with Crippen molar-refractivity contribution in [3.05, 3.63) is 46.3 Å². The molecule has 3 aromatic rings. The van der Waals surface area contributed by atoms with Crippen LogP contribution in [0.3, 0.4) is 0 Å². The van der Waals surface area contributed by atoms with Gasteiger partial charge >= 0.3 is 6.18 Å². The van der Waals surface area contributed by atoms with Crippen molar-refractivity contribution >= 4 is 11.6 Å². The van der Waals surface area contributed by atoms with E-state index in [2.05, 4.69) is 20.2 Å². The standard InChI is InChI=1S/C15H14F3N7O/c1-9-4-12(25-14(21-9)19-8-20-25)23-5-10(6-23)7-24-13(26)3-2-11(22-24)15(16,17)18/h2-4,8,10H,5-7H2,1H3. The van der Waals surface area contributed by atoms with Crippen LogP contribution in [0.5, 0.6) is 0 Å². The Morgan fingerprint density at radius 3 is 2.77 bits per heavy atom. The molecular formula is C15H14F3N7O. The summed E-state index contributed by atoms with van der Waals surface area (Å²) in [5, 5.41) is 7.58. The lowest BCUT2D eigenvalue weighted by molar-refractivity contribution is -0.142. The summed E-state index contributed by atoms with van der Waals surface area (Å²) in [6.07, 6.45) is -3.16. The van der Waals surface area contributed by atoms with Crippen LogP contribution >= 0.6 is 0 Å². The summed E-state index contributed by atoms with van der Waals surface area (Å²) >= 11 is 0. The smallest absolute Gasteiger partial charge is 0.356 e. The molecule has 0 spiro atoms. The molecule has 0 atom stereocenters. The van der Waals surface area contributed by atoms with E-state index in [9.17, 15) is 18.0 Å². The molecule has 0 aromatic carbocycles. The van der Waals surface area contributed by atoms with Gasteiger partial charge in [-0.05, 0) is 13.0 Å². The second kappa shape index (κ2) is 5.78. The Labute approximate surface area is 144 Å². The largest absolute Gasteiger partial charge is 0.435 e. The van der Waals surface area contributed by atoms with Crippen LogP contribution in [-0.4, -0.2) is 42.5 Å². The zero-order chi connectivity index (χ0) is 18.5. The predicted molar refractivity (Wildman–Crippen MR) is 84.7 cm³/mol. The minimum Gasteiger partial charge on any atom is -0.356 e. The fourth-order valence-electron chi connectivity index (χ4n) is 2.98. The van der Waals surface area contributed by atoms with E-state index >= 15 is 0 Å². The Bertz CT molecular complexity index is 1020. The van der Waals surface area contributed by atoms with Crippen molar-refractivity contribution < 1.29 is 13.2 Å². The van der Waals surface area contributed by atoms with E-state index in [1.807, 2.05) is 17.9 Å². The highest BCUT2D eigenvalue weighted by atomic mass is 19.4. The zero-order valence-electron chi connectivity index (χ0n) is 13.7. The van der Waals surface area contributed by atoms with E-state index in [0.29, 0.717) is 24.9 Å². The van der Waals surface area contributed by atoms with Crippen molar-refractivity contribution in [1.29, 1.82) is 0 Å². The number of rotatable bonds is 3. The summed E-state index contributed by atoms with van der Waals surface area (Å²) in [6, 6.07) is 3.47. The van der Waals surface area contributed by atoms with Crippen molar-refractivity contribution in [1.82, 2.24) is 29.4 Å². The normalized spacial score (nSPS) is 15.5. The molecule has 1 aliphatic heterocycles. The highest BCUT2D eigenvalue weighted by Gasteiger charge is 2.34. The van der Waals surface area contributed by atoms with Crippen LogP contribution in [0.15, 0.2) is 29.3 Å². The first-order valence-corrected chi connectivity index (χ1v) is 7.89. The second-order valence-electron chi connectivity index (χ2n) is 6.24. The van der Waals surface area contributed by atoms with Gasteiger partial charge in [0.15, 0.2) is 5.69 Å². The summed E-state index contributed by atoms with van der Waals surface area (Å²) in [6.45, 7) is 3.12. The number of aryl methyl sites for hydroxylation is 1. The van der Waals surface area contributed by atoms with Crippen LogP contribution in [0.4, 0.5) is 19.0 Å². The van der Waals surface area contributed by atoms with E-state index in [4.69, 9.17) is 0 Å². The number of hydrogen-bond acceptors (Lipinski definition) is 6. The molecule has 1 fully saturated rings. The zero-order valence-corrected chi connectivity index (χ0v) is 13.7. The van der Waals surface area contributed by atoms with Gasteiger partial charge in [-0.25, -0.2) is 9.67 Å². The maximum absolute atomic E-state index is 12.8. The molecule has 26 heavy (non-hydrogen) atoms. The molecule has 1 aliphatic rings. The Morgan fingerprint density at radius 2 is 2.04 bits per heavy atom. The number of aromatic nitrogens is 6. The predicted octanol–water partition coefficient (Wildman–Crippen LogP) is 1.14. The molecule has 1 saturated heterocycles. The van der Waals surface area contributed by atoms with Crippen LogP contribution in [0.1, 0.15) is 11.4 Å². The Morgan fingerprint density at radius 1 is 1.27 bits per heavy atom. The summed E-state index contributed by atoms with van der Waals surface area (Å²) < 4.78 is 40.8. The van der Waals surface area contributed by atoms with Gasteiger partial charge in [-0.2, -0.15) is 32.9 Å². The molecule has 8 nitrogen and oxygen atoms in total. The quantitative estimate of drug-likeness (QED) is 0.693. The topological polar surface area (TPSA) is 81.2 Å². The summed E-state index contributed by atoms with van der Waals surface area (Å²) in [7, 11) is 0. The molecule has 4 heterocycles. The molecular weight excluding hydrogens is 351 g/mol. The minimum atomic E-state index is -4.58. The Hall–Kier alpha value is -2.98. The van der Waals surface area contributed by atoms with Crippen molar-refractivity contribution in [2.45, 2.75) is 19.6 Å². The lowest BCUT2D eigenvalue weighted by atomic mass is 10.0. The molecule has 0 bridgehead atoms. The third-order valence-electron chi connectivity index (χ3n) is 4.23. The average molecular weight is 365 g/mol. The van der Waals surface area contributed by atoms with Gasteiger partial charge in [-0.1, -0.05) is 0 Å². The Balaban J connectivity index is 1.51. The number of alkyl halides is 3. The minimum absolute atomic E-state index is 0.00993. The first kappa shape index (κ1) is 16.5. The van der Waals surface area contributed by atoms with Gasteiger partial charge in [0, 0.05) is 36.8 Å². The number of hydrogen-bond donors (Lipinski definition) is 0. The van der Waals surface area contributed by atoms with Crippen LogP contribution in [-0.2, 0) is 12.7 Å². The van der Waals surface area contributed by atoms with Crippen LogP contribution < -0.4 is 10.5 Å². The first-order chi connectivity index (χ1) is 12.3. The lowest BCUT2D eigenvalue weighted by Gasteiger charge is -2.40. The molecule has 0 aliphatic carbocycles. The van der Waals surface area contributed by atoms with E-state index < -0.39 is 17.4 Å². The number of anilines is 1. The molecule has 0 N–H and O–H groups in total. The van der Waals surface area contributed by atoms with Crippen LogP contribution in [0.25, 0.3) is 5.78 Å². The SMILES string of the molecule is Cc1cc(N2CC(Cn3nc(C(F)(F)F)ccc3=O)C2)n2ncnc2n1. The molecule has 0 unspecified atom stereocenters. The van der Waals surface area contributed by atoms with Crippen molar-refractivity contribution in [3.8, 4) is 0 Å². The molecule has 11 heteroatoms. The number of nitrogens with zero attached hydrogens (tertiary/aromatic N) is 7. The second-order valence-corrected chi connectivity index (χ2v) is 6.24. The van der Waals surface area contributed by atoms with E-state index in [0.717, 1.165) is 22.3 Å². The van der Waals surface area contributed by atoms with Gasteiger partial charge in [-0.15, -0.1) is 0 Å². The fraction of sp³-hybridized carbons (Fsp3) is 0.400. The van der Waals surface area contributed by atoms with E-state index in [1.54, 1.807) is 4.52 Å². The van der Waals surface area contributed by atoms with Crippen molar-refractivity contribution in [3.63, 3.8) is 0 Å². The summed E-state index contributed by atoms with van der Waals surface area (Å²) in [5.74, 6) is 1.31. The third-order valence-corrected chi connectivity index (χ3v) is 4.23. The monoisotopic (exact) mass is 365 g/mol. The maximum atomic E-state index is 12.8. The molecule has 0 saturated carbocycles. The van der Waals surface area contributed by atoms with Crippen LogP contribution in [0.2, 0.25) is 0 Å². The molecule has 4 rings (SSSR count). The summed E-state index contributed by atoms with van der Waals surface area (Å²) in [4.78, 5) is 22.1. The summed E-state index contributed by atoms with van der Waals surface area (Å²) in [5.41, 5.74) is -0.822. The van der Waals surface area contributed by atoms with E-state index in [-0.39, 0.29) is 12.5 Å². The van der Waals surface area contributed by atoms with Gasteiger partial charge in [0.05, 0.1) is 6.54 Å². The van der Waals surface area contributed by atoms with Crippen LogP contribution in [0, 0.1) is 12.8 Å². The molecule has 0 radical (unpaired) electrons. The molecule has 136 valence electrons. The van der Waals surface area contributed by atoms with Gasteiger partial charge in [-0.3, -0.25) is 4.79 Å². The van der Waals surface area contributed by atoms with Gasteiger partial charge in [0.25, 0.3) is 11.3 Å². The number of halogens is 3.